The molecule has 3 aliphatic rings. The van der Waals surface area contributed by atoms with Crippen LogP contribution < -0.4 is 14.5 Å². The van der Waals surface area contributed by atoms with Crippen LogP contribution in [0.2, 0.25) is 0 Å². The van der Waals surface area contributed by atoms with Crippen LogP contribution in [-0.2, 0) is 22.6 Å². The second-order valence-electron chi connectivity index (χ2n) is 12.4. The quantitative estimate of drug-likeness (QED) is 0.171. The molecule has 0 radical (unpaired) electrons. The number of likely N-dealkylation sites (tertiary alicyclic amines) is 1. The number of anilines is 2. The van der Waals surface area contributed by atoms with E-state index in [1.165, 1.54) is 26.1 Å². The van der Waals surface area contributed by atoms with Gasteiger partial charge in [-0.2, -0.15) is 9.97 Å². The third-order valence-electron chi connectivity index (χ3n) is 9.48. The zero-order chi connectivity index (χ0) is 32.9. The molecule has 1 aromatic heterocycles. The largest absolute Gasteiger partial charge is 0.481 e. The van der Waals surface area contributed by atoms with E-state index in [0.29, 0.717) is 45.2 Å². The Kier molecular flexibility index (Phi) is 10.4. The van der Waals surface area contributed by atoms with Crippen molar-refractivity contribution in [3.05, 3.63) is 75.3 Å². The topological polar surface area (TPSA) is 107 Å². The summed E-state index contributed by atoms with van der Waals surface area (Å²) in [5.74, 6) is -0.105. The molecular formula is C35H40IN7O4. The molecule has 1 N–H and O–H groups in total. The smallest absolute Gasteiger partial charge is 0.318 e. The zero-order valence-electron chi connectivity index (χ0n) is 26.5. The third-order valence-corrected chi connectivity index (χ3v) is 10.4. The number of nitrogens with zero attached hydrogens (tertiary/aromatic N) is 7. The van der Waals surface area contributed by atoms with Crippen LogP contribution in [0.3, 0.4) is 0 Å². The summed E-state index contributed by atoms with van der Waals surface area (Å²) >= 11 is 2.41. The summed E-state index contributed by atoms with van der Waals surface area (Å²) in [4.78, 5) is 46.0. The van der Waals surface area contributed by atoms with Crippen molar-refractivity contribution in [1.29, 1.82) is 0 Å². The number of carboxylic acids is 1. The van der Waals surface area contributed by atoms with Gasteiger partial charge in [0.2, 0.25) is 12.5 Å². The lowest BCUT2D eigenvalue weighted by atomic mass is 10.0. The van der Waals surface area contributed by atoms with Gasteiger partial charge >= 0.3 is 12.0 Å². The first-order chi connectivity index (χ1) is 22.9. The molecule has 2 atom stereocenters. The van der Waals surface area contributed by atoms with Crippen molar-refractivity contribution < 1.29 is 19.4 Å². The van der Waals surface area contributed by atoms with Crippen LogP contribution in [0, 0.1) is 10.1 Å². The van der Waals surface area contributed by atoms with Crippen LogP contribution in [0.5, 0.6) is 6.01 Å². The second-order valence-corrected chi connectivity index (χ2v) is 13.5. The van der Waals surface area contributed by atoms with Gasteiger partial charge in [-0.15, -0.1) is 0 Å². The second kappa shape index (κ2) is 14.9. The van der Waals surface area contributed by atoms with Crippen molar-refractivity contribution in [3.8, 4) is 6.01 Å². The number of hydrogen-bond acceptors (Lipinski definition) is 8. The summed E-state index contributed by atoms with van der Waals surface area (Å²) < 4.78 is 7.58. The normalized spacial score (nSPS) is 19.8. The minimum atomic E-state index is -0.771. The number of hydrogen-bond donors (Lipinski definition) is 1. The molecule has 246 valence electrons. The van der Waals surface area contributed by atoms with Gasteiger partial charge in [0.1, 0.15) is 18.5 Å². The van der Waals surface area contributed by atoms with E-state index in [2.05, 4.69) is 85.1 Å². The lowest BCUT2D eigenvalue weighted by Gasteiger charge is -2.41. The molecule has 0 unspecified atom stereocenters. The van der Waals surface area contributed by atoms with E-state index in [9.17, 15) is 9.59 Å². The molecule has 0 bridgehead atoms. The molecule has 2 aromatic carbocycles. The minimum absolute atomic E-state index is 0.156. The fourth-order valence-electron chi connectivity index (χ4n) is 7.16. The van der Waals surface area contributed by atoms with Crippen LogP contribution >= 0.6 is 22.6 Å². The highest BCUT2D eigenvalue weighted by molar-refractivity contribution is 14.1. The zero-order valence-corrected chi connectivity index (χ0v) is 28.6. The van der Waals surface area contributed by atoms with Crippen LogP contribution in [0.1, 0.15) is 36.9 Å². The van der Waals surface area contributed by atoms with Crippen molar-refractivity contribution in [1.82, 2.24) is 19.8 Å². The van der Waals surface area contributed by atoms with E-state index in [4.69, 9.17) is 26.4 Å². The molecule has 12 heteroatoms. The monoisotopic (exact) mass is 749 g/mol. The molecule has 2 fully saturated rings. The Morgan fingerprint density at radius 3 is 2.72 bits per heavy atom. The number of aromatic nitrogens is 2. The Labute approximate surface area is 289 Å². The van der Waals surface area contributed by atoms with Gasteiger partial charge in [-0.25, -0.2) is 6.57 Å². The van der Waals surface area contributed by atoms with Gasteiger partial charge in [0.25, 0.3) is 0 Å². The highest BCUT2D eigenvalue weighted by Crippen LogP contribution is 2.36. The van der Waals surface area contributed by atoms with E-state index in [1.54, 1.807) is 4.90 Å². The Bertz CT molecular complexity index is 1690. The summed E-state index contributed by atoms with van der Waals surface area (Å²) in [7, 11) is 0. The number of piperazine rings is 1. The van der Waals surface area contributed by atoms with E-state index in [-0.39, 0.29) is 31.0 Å². The molecule has 0 saturated carbocycles. The van der Waals surface area contributed by atoms with E-state index in [1.807, 2.05) is 0 Å². The average molecular weight is 750 g/mol. The summed E-state index contributed by atoms with van der Waals surface area (Å²) in [6.07, 6.45) is 4.88. The molecule has 3 aromatic rings. The molecule has 3 aliphatic heterocycles. The van der Waals surface area contributed by atoms with Gasteiger partial charge in [0.05, 0.1) is 12.2 Å². The molecule has 0 aliphatic carbocycles. The molecule has 4 heterocycles. The Morgan fingerprint density at radius 2 is 1.94 bits per heavy atom. The van der Waals surface area contributed by atoms with Gasteiger partial charge in [0.15, 0.2) is 0 Å². The molecular weight excluding hydrogens is 709 g/mol. The predicted octanol–water partition coefficient (Wildman–Crippen LogP) is 4.63. The van der Waals surface area contributed by atoms with Crippen molar-refractivity contribution >= 4 is 56.7 Å². The maximum Gasteiger partial charge on any atom is 0.318 e. The fourth-order valence-corrected chi connectivity index (χ4v) is 7.95. The summed E-state index contributed by atoms with van der Waals surface area (Å²) in [5.41, 5.74) is 3.19. The summed E-state index contributed by atoms with van der Waals surface area (Å²) in [6.45, 7) is 16.5. The number of amides is 1. The number of ether oxygens (including phenoxy) is 1. The molecule has 6 rings (SSSR count). The van der Waals surface area contributed by atoms with Crippen LogP contribution in [-0.4, -0.2) is 101 Å². The first-order valence-corrected chi connectivity index (χ1v) is 17.4. The number of carbonyl (C=O) groups excluding carboxylic acids is 1. The number of halogens is 1. The Morgan fingerprint density at radius 1 is 1.11 bits per heavy atom. The van der Waals surface area contributed by atoms with Crippen molar-refractivity contribution in [2.45, 2.75) is 50.7 Å². The van der Waals surface area contributed by atoms with Gasteiger partial charge in [-0.05, 0) is 85.0 Å². The van der Waals surface area contributed by atoms with Gasteiger partial charge in [-0.3, -0.25) is 14.5 Å². The maximum atomic E-state index is 12.6. The molecule has 1 amide bonds. The lowest BCUT2D eigenvalue weighted by molar-refractivity contribution is -0.137. The first kappa shape index (κ1) is 33.0. The molecule has 47 heavy (non-hydrogen) atoms. The number of fused-ring (bicyclic) bond motifs is 2. The van der Waals surface area contributed by atoms with Gasteiger partial charge in [0, 0.05) is 58.8 Å². The molecule has 2 saturated heterocycles. The minimum Gasteiger partial charge on any atom is -0.481 e. The van der Waals surface area contributed by atoms with Crippen LogP contribution in [0.25, 0.3) is 15.6 Å². The fraction of sp³-hybridized carbons (Fsp3) is 0.457. The third kappa shape index (κ3) is 7.31. The lowest BCUT2D eigenvalue weighted by Crippen LogP contribution is -2.56. The van der Waals surface area contributed by atoms with Gasteiger partial charge in [-0.1, -0.05) is 30.8 Å². The molecule has 0 spiro atoms. The number of rotatable bonds is 11. The Hall–Kier alpha value is -3.96. The number of aliphatic carboxylic acids is 1. The predicted molar refractivity (Wildman–Crippen MR) is 190 cm³/mol. The first-order valence-electron chi connectivity index (χ1n) is 16.3. The highest BCUT2D eigenvalue weighted by Gasteiger charge is 2.35. The summed E-state index contributed by atoms with van der Waals surface area (Å²) in [6, 6.07) is 13.1. The van der Waals surface area contributed by atoms with Crippen molar-refractivity contribution in [3.63, 3.8) is 0 Å². The number of carbonyl (C=O) groups is 2. The van der Waals surface area contributed by atoms with E-state index < -0.39 is 5.97 Å². The average Bonchev–Trinajstić information content (AvgIpc) is 3.53. The van der Waals surface area contributed by atoms with Gasteiger partial charge < -0.3 is 29.4 Å². The Balaban J connectivity index is 1.29. The number of benzene rings is 2. The number of carboxylic acid groups (broad SMARTS) is 1. The highest BCUT2D eigenvalue weighted by atomic mass is 127. The van der Waals surface area contributed by atoms with Crippen molar-refractivity contribution in [2.24, 2.45) is 0 Å². The van der Waals surface area contributed by atoms with Crippen molar-refractivity contribution in [2.75, 3.05) is 62.2 Å². The maximum absolute atomic E-state index is 12.6. The SMILES string of the molecule is [C-]#[N+]C[C@H]1CN(c2nc(OC[C@@H]3CCCN3CCCC(=O)O)nc3c2CCN(c2cccc4cccc(I)c24)C3)CCN1C(=O)C=C. The van der Waals surface area contributed by atoms with Crippen LogP contribution in [0.15, 0.2) is 49.1 Å². The van der Waals surface area contributed by atoms with Crippen LogP contribution in [0.4, 0.5) is 11.5 Å². The van der Waals surface area contributed by atoms with E-state index >= 15 is 0 Å². The van der Waals surface area contributed by atoms with E-state index in [0.717, 1.165) is 56.0 Å². The molecule has 11 nitrogen and oxygen atoms in total. The summed E-state index contributed by atoms with van der Waals surface area (Å²) in [5, 5.41) is 11.5. The standard InChI is InChI=1S/C35H40IN7O4/c1-3-31(44)43-19-18-42(21-26(43)20-37-2)34-27-14-17-41(30-12-5-9-24-8-4-11-28(36)33(24)30)22-29(27)38-35(39-34)47-23-25-10-6-15-40(25)16-7-13-32(45)46/h3-5,8-9,11-12,25-26H,1,6-7,10,13-23H2,(H,45,46)/t25-,26-/m0/s1.